The Balaban J connectivity index is 2.19. The van der Waals surface area contributed by atoms with Crippen molar-refractivity contribution in [3.63, 3.8) is 0 Å². The number of hydrogen-bond donors (Lipinski definition) is 1. The maximum atomic E-state index is 13.1. The van der Waals surface area contributed by atoms with E-state index in [1.165, 1.54) is 0 Å². The standard InChI is InChI=1S/C12H13FN4O2/c1-2-16-6-5-14-12(16)8-15-10-7-9(13)3-4-11(10)17(18)19/h3-7,15H,2,8H2,1H3. The first-order chi connectivity index (χ1) is 9.11. The van der Waals surface area contributed by atoms with Crippen LogP contribution >= 0.6 is 0 Å². The Morgan fingerprint density at radius 3 is 3.00 bits per heavy atom. The summed E-state index contributed by atoms with van der Waals surface area (Å²) in [6.07, 6.45) is 3.47. The second-order valence-corrected chi connectivity index (χ2v) is 3.90. The minimum Gasteiger partial charge on any atom is -0.372 e. The number of hydrogen-bond acceptors (Lipinski definition) is 4. The number of rotatable bonds is 5. The summed E-state index contributed by atoms with van der Waals surface area (Å²) < 4.78 is 15.0. The van der Waals surface area contributed by atoms with Gasteiger partial charge in [-0.25, -0.2) is 9.37 Å². The number of anilines is 1. The predicted octanol–water partition coefficient (Wildman–Crippen LogP) is 2.56. The molecule has 0 spiro atoms. The molecule has 0 fully saturated rings. The minimum atomic E-state index is -0.548. The number of nitrogens with one attached hydrogen (secondary N) is 1. The van der Waals surface area contributed by atoms with Gasteiger partial charge in [-0.15, -0.1) is 0 Å². The summed E-state index contributed by atoms with van der Waals surface area (Å²) >= 11 is 0. The van der Waals surface area contributed by atoms with Gasteiger partial charge in [0.25, 0.3) is 5.69 Å². The molecule has 0 radical (unpaired) electrons. The van der Waals surface area contributed by atoms with Crippen LogP contribution in [0.1, 0.15) is 12.7 Å². The highest BCUT2D eigenvalue weighted by Crippen LogP contribution is 2.25. The topological polar surface area (TPSA) is 73.0 Å². The lowest BCUT2D eigenvalue weighted by molar-refractivity contribution is -0.384. The molecule has 19 heavy (non-hydrogen) atoms. The number of nitro groups is 1. The molecule has 0 saturated carbocycles. The van der Waals surface area contributed by atoms with Crippen molar-refractivity contribution in [1.82, 2.24) is 9.55 Å². The van der Waals surface area contributed by atoms with Crippen molar-refractivity contribution in [3.05, 3.63) is 52.3 Å². The molecule has 100 valence electrons. The van der Waals surface area contributed by atoms with Crippen LogP contribution in [0.2, 0.25) is 0 Å². The number of benzene rings is 1. The van der Waals surface area contributed by atoms with Crippen molar-refractivity contribution >= 4 is 11.4 Å². The lowest BCUT2D eigenvalue weighted by Crippen LogP contribution is -2.08. The summed E-state index contributed by atoms with van der Waals surface area (Å²) in [4.78, 5) is 14.4. The van der Waals surface area contributed by atoms with Gasteiger partial charge >= 0.3 is 0 Å². The normalized spacial score (nSPS) is 10.4. The third-order valence-electron chi connectivity index (χ3n) is 2.73. The van der Waals surface area contributed by atoms with Crippen LogP contribution in [0, 0.1) is 15.9 Å². The van der Waals surface area contributed by atoms with Crippen LogP contribution in [0.4, 0.5) is 15.8 Å². The van der Waals surface area contributed by atoms with Crippen LogP contribution in [-0.4, -0.2) is 14.5 Å². The summed E-state index contributed by atoms with van der Waals surface area (Å²) in [6, 6.07) is 3.32. The van der Waals surface area contributed by atoms with Crippen molar-refractivity contribution in [2.45, 2.75) is 20.0 Å². The van der Waals surface area contributed by atoms with Gasteiger partial charge in [0.15, 0.2) is 0 Å². The average molecular weight is 264 g/mol. The molecule has 0 aliphatic heterocycles. The molecule has 1 aromatic carbocycles. The van der Waals surface area contributed by atoms with E-state index < -0.39 is 10.7 Å². The molecule has 1 N–H and O–H groups in total. The predicted molar refractivity (Wildman–Crippen MR) is 68.3 cm³/mol. The lowest BCUT2D eigenvalue weighted by Gasteiger charge is -2.08. The maximum Gasteiger partial charge on any atom is 0.292 e. The highest BCUT2D eigenvalue weighted by Gasteiger charge is 2.14. The van der Waals surface area contributed by atoms with Crippen molar-refractivity contribution in [2.24, 2.45) is 0 Å². The largest absolute Gasteiger partial charge is 0.372 e. The number of nitro benzene ring substituents is 1. The molecule has 2 aromatic rings. The third-order valence-corrected chi connectivity index (χ3v) is 2.73. The number of aromatic nitrogens is 2. The zero-order valence-electron chi connectivity index (χ0n) is 10.3. The first kappa shape index (κ1) is 13.0. The summed E-state index contributed by atoms with van der Waals surface area (Å²) in [6.45, 7) is 3.02. The van der Waals surface area contributed by atoms with Gasteiger partial charge in [-0.1, -0.05) is 0 Å². The van der Waals surface area contributed by atoms with E-state index in [4.69, 9.17) is 0 Å². The summed E-state index contributed by atoms with van der Waals surface area (Å²) in [5.74, 6) is 0.216. The third kappa shape index (κ3) is 2.87. The number of halogens is 1. The Kier molecular flexibility index (Phi) is 3.74. The van der Waals surface area contributed by atoms with Crippen LogP contribution in [0.3, 0.4) is 0 Å². The van der Waals surface area contributed by atoms with Gasteiger partial charge in [0.1, 0.15) is 17.3 Å². The van der Waals surface area contributed by atoms with Crippen LogP contribution in [0.5, 0.6) is 0 Å². The second kappa shape index (κ2) is 5.47. The molecule has 7 heteroatoms. The van der Waals surface area contributed by atoms with Crippen molar-refractivity contribution < 1.29 is 9.31 Å². The fourth-order valence-electron chi connectivity index (χ4n) is 1.78. The zero-order valence-corrected chi connectivity index (χ0v) is 10.3. The van der Waals surface area contributed by atoms with E-state index in [0.29, 0.717) is 6.54 Å². The molecular formula is C12H13FN4O2. The smallest absolute Gasteiger partial charge is 0.292 e. The molecule has 6 nitrogen and oxygen atoms in total. The molecular weight excluding hydrogens is 251 g/mol. The molecule has 0 amide bonds. The fourth-order valence-corrected chi connectivity index (χ4v) is 1.78. The first-order valence-electron chi connectivity index (χ1n) is 5.79. The van der Waals surface area contributed by atoms with Crippen LogP contribution in [0.15, 0.2) is 30.6 Å². The van der Waals surface area contributed by atoms with Gasteiger partial charge in [-0.2, -0.15) is 0 Å². The summed E-state index contributed by atoms with van der Waals surface area (Å²) in [5, 5.41) is 13.7. The monoisotopic (exact) mass is 264 g/mol. The van der Waals surface area contributed by atoms with Gasteiger partial charge in [0.2, 0.25) is 0 Å². The fraction of sp³-hybridized carbons (Fsp3) is 0.250. The number of nitrogens with zero attached hydrogens (tertiary/aromatic N) is 3. The lowest BCUT2D eigenvalue weighted by atomic mass is 10.2. The Bertz CT molecular complexity index is 597. The van der Waals surface area contributed by atoms with Crippen molar-refractivity contribution in [1.29, 1.82) is 0 Å². The van der Waals surface area contributed by atoms with Crippen LogP contribution in [-0.2, 0) is 13.1 Å². The van der Waals surface area contributed by atoms with E-state index in [-0.39, 0.29) is 11.4 Å². The Labute approximate surface area is 109 Å². The highest BCUT2D eigenvalue weighted by atomic mass is 19.1. The summed E-state index contributed by atoms with van der Waals surface area (Å²) in [5.41, 5.74) is -0.00772. The molecule has 2 rings (SSSR count). The Morgan fingerprint density at radius 2 is 2.32 bits per heavy atom. The molecule has 1 aromatic heterocycles. The van der Waals surface area contributed by atoms with Gasteiger partial charge in [0, 0.05) is 31.1 Å². The van der Waals surface area contributed by atoms with E-state index >= 15 is 0 Å². The minimum absolute atomic E-state index is 0.149. The van der Waals surface area contributed by atoms with Gasteiger partial charge in [-0.3, -0.25) is 10.1 Å². The summed E-state index contributed by atoms with van der Waals surface area (Å²) in [7, 11) is 0. The van der Waals surface area contributed by atoms with E-state index in [1.807, 2.05) is 17.7 Å². The van der Waals surface area contributed by atoms with Gasteiger partial charge in [-0.05, 0) is 13.0 Å². The molecule has 0 atom stereocenters. The van der Waals surface area contributed by atoms with E-state index in [1.54, 1.807) is 6.20 Å². The van der Waals surface area contributed by atoms with Gasteiger partial charge in [0.05, 0.1) is 11.5 Å². The Morgan fingerprint density at radius 1 is 1.53 bits per heavy atom. The molecule has 0 bridgehead atoms. The van der Waals surface area contributed by atoms with E-state index in [0.717, 1.165) is 30.6 Å². The maximum absolute atomic E-state index is 13.1. The number of aryl methyl sites for hydroxylation is 1. The molecule has 0 unspecified atom stereocenters. The van der Waals surface area contributed by atoms with Crippen molar-refractivity contribution in [2.75, 3.05) is 5.32 Å². The van der Waals surface area contributed by atoms with Crippen molar-refractivity contribution in [3.8, 4) is 0 Å². The average Bonchev–Trinajstić information content (AvgIpc) is 2.83. The Hall–Kier alpha value is -2.44. The highest BCUT2D eigenvalue weighted by molar-refractivity contribution is 5.61. The van der Waals surface area contributed by atoms with Crippen LogP contribution in [0.25, 0.3) is 0 Å². The number of imidazole rings is 1. The van der Waals surface area contributed by atoms with Crippen LogP contribution < -0.4 is 5.32 Å². The first-order valence-corrected chi connectivity index (χ1v) is 5.79. The van der Waals surface area contributed by atoms with Gasteiger partial charge < -0.3 is 9.88 Å². The quantitative estimate of drug-likeness (QED) is 0.665. The molecule has 0 saturated heterocycles. The zero-order chi connectivity index (χ0) is 13.8. The molecule has 1 heterocycles. The SMILES string of the molecule is CCn1ccnc1CNc1cc(F)ccc1[N+](=O)[O-]. The van der Waals surface area contributed by atoms with E-state index in [9.17, 15) is 14.5 Å². The second-order valence-electron chi connectivity index (χ2n) is 3.90. The molecule has 0 aliphatic carbocycles. The van der Waals surface area contributed by atoms with E-state index in [2.05, 4.69) is 10.3 Å². The molecule has 0 aliphatic rings.